The molecule has 1 aliphatic heterocycles. The minimum Gasteiger partial charge on any atom is -0.462 e. The maximum Gasteiger partial charge on any atom is 0.330 e. The molecule has 0 aromatic carbocycles. The number of carbonyl (C=O) groups is 1. The first-order chi connectivity index (χ1) is 14.0. The number of aromatic amines is 1. The summed E-state index contributed by atoms with van der Waals surface area (Å²) in [5, 5.41) is 23.1. The van der Waals surface area contributed by atoms with E-state index >= 15 is 0 Å². The number of aliphatic hydroxyl groups excluding tert-OH is 2. The minimum atomic E-state index is -3.02. The van der Waals surface area contributed by atoms with Crippen molar-refractivity contribution in [2.75, 3.05) is 6.61 Å². The second kappa shape index (κ2) is 9.70. The van der Waals surface area contributed by atoms with Gasteiger partial charge in [-0.15, -0.1) is 6.42 Å². The lowest BCUT2D eigenvalue weighted by Gasteiger charge is -2.26. The molecular formula is C17H24N3O9P. The van der Waals surface area contributed by atoms with Gasteiger partial charge in [-0.05, 0) is 20.8 Å². The molecule has 1 aliphatic rings. The van der Waals surface area contributed by atoms with E-state index < -0.39 is 62.1 Å². The number of aromatic nitrogens is 2. The molecule has 12 nitrogen and oxygen atoms in total. The van der Waals surface area contributed by atoms with Crippen LogP contribution in [0.5, 0.6) is 0 Å². The van der Waals surface area contributed by atoms with E-state index in [0.29, 0.717) is 0 Å². The Labute approximate surface area is 172 Å². The Bertz CT molecular complexity index is 953. The summed E-state index contributed by atoms with van der Waals surface area (Å²) in [5.74, 6) is 1.52. The van der Waals surface area contributed by atoms with Gasteiger partial charge >= 0.3 is 11.7 Å². The third-order valence-corrected chi connectivity index (χ3v) is 5.33. The summed E-state index contributed by atoms with van der Waals surface area (Å²) < 4.78 is 28.7. The molecule has 0 amide bonds. The third kappa shape index (κ3) is 5.26. The number of H-pyrrole nitrogens is 1. The SMILES string of the molecule is C#C[C@]1(CO[PH](=O)N[C@@H](C)C(=O)OC(C)C)OC(n2ccc(=O)[nH]c2=O)C(O)C1O. The van der Waals surface area contributed by atoms with Crippen LogP contribution in [0.2, 0.25) is 0 Å². The van der Waals surface area contributed by atoms with Gasteiger partial charge in [0.15, 0.2) is 11.8 Å². The van der Waals surface area contributed by atoms with Gasteiger partial charge in [0.1, 0.15) is 18.2 Å². The Hall–Kier alpha value is -2.26. The van der Waals surface area contributed by atoms with Crippen LogP contribution in [0.1, 0.15) is 27.0 Å². The highest BCUT2D eigenvalue weighted by molar-refractivity contribution is 7.36. The fourth-order valence-electron chi connectivity index (χ4n) is 2.70. The summed E-state index contributed by atoms with van der Waals surface area (Å²) in [6, 6.07) is 0.0873. The van der Waals surface area contributed by atoms with Crippen LogP contribution in [-0.2, 0) is 23.4 Å². The Balaban J connectivity index is 2.09. The van der Waals surface area contributed by atoms with E-state index in [0.717, 1.165) is 16.8 Å². The summed E-state index contributed by atoms with van der Waals surface area (Å²) in [4.78, 5) is 36.9. The number of hydrogen-bond acceptors (Lipinski definition) is 9. The molecule has 4 unspecified atom stereocenters. The van der Waals surface area contributed by atoms with Crippen LogP contribution in [0, 0.1) is 12.3 Å². The van der Waals surface area contributed by atoms with Crippen LogP contribution in [0.25, 0.3) is 0 Å². The first-order valence-electron chi connectivity index (χ1n) is 8.97. The molecule has 1 aromatic heterocycles. The summed E-state index contributed by atoms with van der Waals surface area (Å²) in [6.07, 6.45) is 1.39. The van der Waals surface area contributed by atoms with Crippen LogP contribution in [0.15, 0.2) is 21.9 Å². The third-order valence-electron chi connectivity index (χ3n) is 4.25. The van der Waals surface area contributed by atoms with E-state index in [9.17, 15) is 29.2 Å². The Morgan fingerprint density at radius 1 is 1.47 bits per heavy atom. The average Bonchev–Trinajstić information content (AvgIpc) is 2.91. The molecule has 166 valence electrons. The summed E-state index contributed by atoms with van der Waals surface area (Å²) >= 11 is 0. The number of terminal acetylenes is 1. The molecule has 2 heterocycles. The van der Waals surface area contributed by atoms with Crippen LogP contribution in [0.4, 0.5) is 0 Å². The van der Waals surface area contributed by atoms with Crippen molar-refractivity contribution < 1.29 is 33.6 Å². The first-order valence-corrected chi connectivity index (χ1v) is 10.3. The lowest BCUT2D eigenvalue weighted by Crippen LogP contribution is -2.45. The summed E-state index contributed by atoms with van der Waals surface area (Å²) in [5.41, 5.74) is -3.49. The van der Waals surface area contributed by atoms with Gasteiger partial charge < -0.3 is 24.2 Å². The molecule has 0 spiro atoms. The standard InChI is InChI=1S/C17H24N3O9P/c1-5-17(8-27-30(26)19-10(4)15(24)28-9(2)3)13(23)12(22)14(29-17)20-7-6-11(21)18-16(20)25/h1,6-7,9-10,12-14,22-23,30H,8H2,2-4H3,(H,19,26)(H,18,21,25)/t10-,12?,13?,14?,17+/m0/s1. The van der Waals surface area contributed by atoms with Crippen LogP contribution >= 0.6 is 8.18 Å². The molecule has 4 N–H and O–H groups in total. The normalized spacial score (nSPS) is 28.1. The molecule has 1 aromatic rings. The van der Waals surface area contributed by atoms with E-state index in [4.69, 9.17) is 20.4 Å². The molecule has 0 bridgehead atoms. The van der Waals surface area contributed by atoms with Gasteiger partial charge in [0, 0.05) is 12.3 Å². The van der Waals surface area contributed by atoms with Crippen molar-refractivity contribution in [1.82, 2.24) is 14.6 Å². The maximum atomic E-state index is 12.2. The molecule has 0 aliphatic carbocycles. The number of rotatable bonds is 8. The minimum absolute atomic E-state index is 0.355. The first kappa shape index (κ1) is 24.0. The van der Waals surface area contributed by atoms with E-state index in [1.807, 2.05) is 4.98 Å². The number of carbonyl (C=O) groups excluding carboxylic acids is 1. The van der Waals surface area contributed by atoms with Gasteiger partial charge in [0.25, 0.3) is 13.7 Å². The summed E-state index contributed by atoms with van der Waals surface area (Å²) in [7, 11) is -3.02. The fraction of sp³-hybridized carbons (Fsp3) is 0.588. The smallest absolute Gasteiger partial charge is 0.330 e. The van der Waals surface area contributed by atoms with Gasteiger partial charge in [0.05, 0.1) is 12.7 Å². The van der Waals surface area contributed by atoms with Gasteiger partial charge in [0.2, 0.25) is 0 Å². The Morgan fingerprint density at radius 3 is 2.70 bits per heavy atom. The van der Waals surface area contributed by atoms with Crippen molar-refractivity contribution in [3.63, 3.8) is 0 Å². The lowest BCUT2D eigenvalue weighted by atomic mass is 9.97. The van der Waals surface area contributed by atoms with Crippen LogP contribution in [0.3, 0.4) is 0 Å². The zero-order valence-corrected chi connectivity index (χ0v) is 17.5. The van der Waals surface area contributed by atoms with Crippen LogP contribution in [-0.4, -0.2) is 62.3 Å². The molecular weight excluding hydrogens is 421 g/mol. The highest BCUT2D eigenvalue weighted by Crippen LogP contribution is 2.38. The monoisotopic (exact) mass is 445 g/mol. The van der Waals surface area contributed by atoms with Crippen molar-refractivity contribution >= 4 is 14.1 Å². The maximum absolute atomic E-state index is 12.2. The number of nitrogens with one attached hydrogen (secondary N) is 2. The molecule has 0 radical (unpaired) electrons. The molecule has 1 saturated heterocycles. The molecule has 30 heavy (non-hydrogen) atoms. The Morgan fingerprint density at radius 2 is 2.13 bits per heavy atom. The van der Waals surface area contributed by atoms with Gasteiger partial charge in [-0.3, -0.25) is 23.7 Å². The van der Waals surface area contributed by atoms with E-state index in [2.05, 4.69) is 11.0 Å². The lowest BCUT2D eigenvalue weighted by molar-refractivity contribution is -0.149. The predicted octanol–water partition coefficient (Wildman–Crippen LogP) is -1.50. The topological polar surface area (TPSA) is 169 Å². The van der Waals surface area contributed by atoms with Crippen molar-refractivity contribution in [2.45, 2.75) is 57.0 Å². The Kier molecular flexibility index (Phi) is 7.76. The largest absolute Gasteiger partial charge is 0.462 e. The van der Waals surface area contributed by atoms with Crippen molar-refractivity contribution in [3.8, 4) is 12.3 Å². The van der Waals surface area contributed by atoms with Crippen molar-refractivity contribution in [1.29, 1.82) is 0 Å². The number of esters is 1. The zero-order chi connectivity index (χ0) is 22.6. The van der Waals surface area contributed by atoms with E-state index in [1.54, 1.807) is 13.8 Å². The number of hydrogen-bond donors (Lipinski definition) is 4. The fourth-order valence-corrected chi connectivity index (χ4v) is 3.60. The van der Waals surface area contributed by atoms with Gasteiger partial charge in [-0.1, -0.05) is 5.92 Å². The highest BCUT2D eigenvalue weighted by Gasteiger charge is 2.55. The molecule has 1 fully saturated rings. The molecule has 2 rings (SSSR count). The molecule has 13 heteroatoms. The van der Waals surface area contributed by atoms with Gasteiger partial charge in [-0.2, -0.15) is 0 Å². The van der Waals surface area contributed by atoms with Crippen molar-refractivity contribution in [3.05, 3.63) is 33.1 Å². The second-order valence-electron chi connectivity index (χ2n) is 6.92. The van der Waals surface area contributed by atoms with E-state index in [-0.39, 0.29) is 6.10 Å². The number of ether oxygens (including phenoxy) is 2. The van der Waals surface area contributed by atoms with Gasteiger partial charge in [-0.25, -0.2) is 9.88 Å². The summed E-state index contributed by atoms with van der Waals surface area (Å²) in [6.45, 7) is 4.13. The predicted molar refractivity (Wildman–Crippen MR) is 104 cm³/mol. The quantitative estimate of drug-likeness (QED) is 0.210. The number of nitrogens with zero attached hydrogens (tertiary/aromatic N) is 1. The second-order valence-corrected chi connectivity index (χ2v) is 8.08. The van der Waals surface area contributed by atoms with Crippen LogP contribution < -0.4 is 16.3 Å². The van der Waals surface area contributed by atoms with E-state index in [1.165, 1.54) is 6.92 Å². The molecule has 0 saturated carbocycles. The average molecular weight is 445 g/mol. The van der Waals surface area contributed by atoms with Crippen molar-refractivity contribution in [2.24, 2.45) is 0 Å². The highest BCUT2D eigenvalue weighted by atomic mass is 31.1. The zero-order valence-electron chi connectivity index (χ0n) is 16.5. The molecule has 6 atom stereocenters. The number of aliphatic hydroxyl groups is 2.